The fourth-order valence-electron chi connectivity index (χ4n) is 0.313. The Kier molecular flexibility index (Phi) is 4.28. The minimum absolute atomic E-state index is 0.0717. The van der Waals surface area contributed by atoms with Crippen molar-refractivity contribution < 1.29 is 0 Å². The van der Waals surface area contributed by atoms with Gasteiger partial charge in [0.2, 0.25) is 0 Å². The number of nitrogens with two attached hydrogens (primary N) is 1. The second-order valence-corrected chi connectivity index (χ2v) is 2.45. The van der Waals surface area contributed by atoms with Crippen molar-refractivity contribution in [3.8, 4) is 0 Å². The number of thiocarbonyl (C=S) groups is 1. The van der Waals surface area contributed by atoms with Gasteiger partial charge in [0.05, 0.1) is 5.71 Å². The van der Waals surface area contributed by atoms with Crippen molar-refractivity contribution in [2.75, 3.05) is 0 Å². The number of nitrogens with one attached hydrogen (secondary N) is 1. The number of hydrazone groups is 1. The quantitative estimate of drug-likeness (QED) is 0.280. The standard InChI is InChI=1S/C5H10N4OS/c1-3(4(2)9-10)7-8-5(6)11/h4H,1-2H3,(H3,6,8,11). The largest absolute Gasteiger partial charge is 0.375 e. The Morgan fingerprint density at radius 2 is 2.27 bits per heavy atom. The summed E-state index contributed by atoms with van der Waals surface area (Å²) in [6.45, 7) is 3.30. The van der Waals surface area contributed by atoms with Crippen molar-refractivity contribution >= 4 is 23.0 Å². The van der Waals surface area contributed by atoms with E-state index in [0.29, 0.717) is 5.71 Å². The van der Waals surface area contributed by atoms with Crippen LogP contribution in [0.5, 0.6) is 0 Å². The van der Waals surface area contributed by atoms with Crippen LogP contribution in [0.3, 0.4) is 0 Å². The third kappa shape index (κ3) is 4.38. The third-order valence-corrected chi connectivity index (χ3v) is 1.20. The van der Waals surface area contributed by atoms with Gasteiger partial charge in [0.1, 0.15) is 6.04 Å². The first-order chi connectivity index (χ1) is 5.07. The maximum Gasteiger partial charge on any atom is 0.184 e. The maximum absolute atomic E-state index is 9.97. The van der Waals surface area contributed by atoms with E-state index in [0.717, 1.165) is 0 Å². The summed E-state index contributed by atoms with van der Waals surface area (Å²) in [6, 6.07) is -0.447. The summed E-state index contributed by atoms with van der Waals surface area (Å²) in [5, 5.41) is 6.53. The average Bonchev–Trinajstić information content (AvgIpc) is 1.98. The van der Waals surface area contributed by atoms with E-state index in [1.165, 1.54) is 0 Å². The zero-order valence-electron chi connectivity index (χ0n) is 6.37. The molecule has 0 fully saturated rings. The molecular weight excluding hydrogens is 164 g/mol. The molecule has 0 saturated heterocycles. The number of nitroso groups, excluding NO2 is 1. The molecule has 0 heterocycles. The predicted molar refractivity (Wildman–Crippen MR) is 48.3 cm³/mol. The van der Waals surface area contributed by atoms with Crippen molar-refractivity contribution in [2.24, 2.45) is 16.0 Å². The number of hydrogen-bond acceptors (Lipinski definition) is 4. The minimum atomic E-state index is -0.447. The fourth-order valence-corrected chi connectivity index (χ4v) is 0.359. The molecule has 1 atom stereocenters. The highest BCUT2D eigenvalue weighted by Crippen LogP contribution is 1.90. The third-order valence-electron chi connectivity index (χ3n) is 1.11. The first-order valence-corrected chi connectivity index (χ1v) is 3.41. The van der Waals surface area contributed by atoms with Crippen LogP contribution in [0.25, 0.3) is 0 Å². The molecule has 0 rings (SSSR count). The maximum atomic E-state index is 9.97. The highest BCUT2D eigenvalue weighted by Gasteiger charge is 2.03. The Balaban J connectivity index is 3.99. The second-order valence-electron chi connectivity index (χ2n) is 2.01. The Hall–Kier alpha value is -1.04. The molecule has 62 valence electrons. The van der Waals surface area contributed by atoms with Crippen LogP contribution in [0.1, 0.15) is 13.8 Å². The van der Waals surface area contributed by atoms with E-state index in [-0.39, 0.29) is 5.11 Å². The summed E-state index contributed by atoms with van der Waals surface area (Å²) in [5.74, 6) is 0. The van der Waals surface area contributed by atoms with Crippen molar-refractivity contribution in [1.82, 2.24) is 5.43 Å². The Morgan fingerprint density at radius 3 is 2.64 bits per heavy atom. The van der Waals surface area contributed by atoms with Crippen molar-refractivity contribution in [1.29, 1.82) is 0 Å². The second kappa shape index (κ2) is 4.73. The molecule has 0 aromatic carbocycles. The van der Waals surface area contributed by atoms with Gasteiger partial charge in [-0.05, 0) is 26.1 Å². The lowest BCUT2D eigenvalue weighted by Crippen LogP contribution is -2.26. The zero-order chi connectivity index (χ0) is 8.85. The molecule has 1 unspecified atom stereocenters. The molecule has 0 spiro atoms. The average molecular weight is 174 g/mol. The summed E-state index contributed by atoms with van der Waals surface area (Å²) in [7, 11) is 0. The Bertz CT molecular complexity index is 191. The van der Waals surface area contributed by atoms with Gasteiger partial charge >= 0.3 is 0 Å². The smallest absolute Gasteiger partial charge is 0.184 e. The summed E-state index contributed by atoms with van der Waals surface area (Å²) in [4.78, 5) is 9.97. The summed E-state index contributed by atoms with van der Waals surface area (Å²) < 4.78 is 0. The van der Waals surface area contributed by atoms with Crippen molar-refractivity contribution in [3.05, 3.63) is 4.91 Å². The van der Waals surface area contributed by atoms with Gasteiger partial charge in [-0.25, -0.2) is 0 Å². The summed E-state index contributed by atoms with van der Waals surface area (Å²) in [6.07, 6.45) is 0. The minimum Gasteiger partial charge on any atom is -0.375 e. The van der Waals surface area contributed by atoms with Crippen LogP contribution < -0.4 is 11.2 Å². The molecule has 11 heavy (non-hydrogen) atoms. The van der Waals surface area contributed by atoms with Gasteiger partial charge in [0, 0.05) is 0 Å². The topological polar surface area (TPSA) is 79.8 Å². The monoisotopic (exact) mass is 174 g/mol. The van der Waals surface area contributed by atoms with E-state index >= 15 is 0 Å². The van der Waals surface area contributed by atoms with Crippen LogP contribution >= 0.6 is 12.2 Å². The van der Waals surface area contributed by atoms with Crippen LogP contribution in [-0.4, -0.2) is 16.9 Å². The molecule has 0 aliphatic carbocycles. The van der Waals surface area contributed by atoms with Gasteiger partial charge in [-0.3, -0.25) is 5.43 Å². The van der Waals surface area contributed by atoms with E-state index in [2.05, 4.69) is 27.9 Å². The lowest BCUT2D eigenvalue weighted by molar-refractivity contribution is 0.917. The molecular formula is C5H10N4OS. The highest BCUT2D eigenvalue weighted by atomic mass is 32.1. The van der Waals surface area contributed by atoms with Crippen molar-refractivity contribution in [2.45, 2.75) is 19.9 Å². The van der Waals surface area contributed by atoms with Crippen LogP contribution in [-0.2, 0) is 0 Å². The van der Waals surface area contributed by atoms with Gasteiger partial charge in [0.25, 0.3) is 0 Å². The molecule has 5 nitrogen and oxygen atoms in total. The Labute approximate surface area is 70.0 Å². The highest BCUT2D eigenvalue weighted by molar-refractivity contribution is 7.80. The van der Waals surface area contributed by atoms with Crippen LogP contribution in [0.15, 0.2) is 10.3 Å². The van der Waals surface area contributed by atoms with Gasteiger partial charge in [-0.15, -0.1) is 0 Å². The SMILES string of the molecule is CC(=NNC(N)=S)C(C)N=O. The molecule has 3 N–H and O–H groups in total. The molecule has 0 aliphatic rings. The normalized spacial score (nSPS) is 13.8. The van der Waals surface area contributed by atoms with Gasteiger partial charge in [0.15, 0.2) is 5.11 Å². The molecule has 0 aromatic heterocycles. The van der Waals surface area contributed by atoms with E-state index in [4.69, 9.17) is 5.73 Å². The molecule has 6 heteroatoms. The lowest BCUT2D eigenvalue weighted by atomic mass is 10.2. The van der Waals surface area contributed by atoms with E-state index in [9.17, 15) is 4.91 Å². The molecule has 0 aromatic rings. The molecule has 0 bridgehead atoms. The molecule has 0 aliphatic heterocycles. The van der Waals surface area contributed by atoms with Gasteiger partial charge in [-0.2, -0.15) is 10.0 Å². The fraction of sp³-hybridized carbons (Fsp3) is 0.600. The van der Waals surface area contributed by atoms with Gasteiger partial charge in [-0.1, -0.05) is 5.18 Å². The van der Waals surface area contributed by atoms with Crippen LogP contribution in [0, 0.1) is 4.91 Å². The molecule has 0 saturated carbocycles. The Morgan fingerprint density at radius 1 is 1.73 bits per heavy atom. The molecule has 0 radical (unpaired) electrons. The van der Waals surface area contributed by atoms with Crippen molar-refractivity contribution in [3.63, 3.8) is 0 Å². The lowest BCUT2D eigenvalue weighted by Gasteiger charge is -2.01. The van der Waals surface area contributed by atoms with E-state index in [1.54, 1.807) is 13.8 Å². The van der Waals surface area contributed by atoms with E-state index in [1.807, 2.05) is 0 Å². The first kappa shape index (κ1) is 9.96. The van der Waals surface area contributed by atoms with Crippen LogP contribution in [0.4, 0.5) is 0 Å². The molecule has 0 amide bonds. The first-order valence-electron chi connectivity index (χ1n) is 3.00. The summed E-state index contributed by atoms with van der Waals surface area (Å²) >= 11 is 4.49. The van der Waals surface area contributed by atoms with Gasteiger partial charge < -0.3 is 5.73 Å². The number of nitrogens with zero attached hydrogens (tertiary/aromatic N) is 2. The van der Waals surface area contributed by atoms with E-state index < -0.39 is 6.04 Å². The zero-order valence-corrected chi connectivity index (χ0v) is 7.18. The predicted octanol–water partition coefficient (Wildman–Crippen LogP) is 0.350. The number of hydrogen-bond donors (Lipinski definition) is 2. The van der Waals surface area contributed by atoms with Crippen LogP contribution in [0.2, 0.25) is 0 Å². The summed E-state index contributed by atoms with van der Waals surface area (Å²) in [5.41, 5.74) is 7.99. The number of rotatable bonds is 3.